The summed E-state index contributed by atoms with van der Waals surface area (Å²) in [6.07, 6.45) is -3.30. The first-order valence-electron chi connectivity index (χ1n) is 6.24. The number of hydrogen-bond donors (Lipinski definition) is 1. The van der Waals surface area contributed by atoms with Crippen molar-refractivity contribution in [2.45, 2.75) is 38.9 Å². The maximum Gasteiger partial charge on any atom is 0.393 e. The summed E-state index contributed by atoms with van der Waals surface area (Å²) in [7, 11) is 0. The van der Waals surface area contributed by atoms with Gasteiger partial charge in [-0.3, -0.25) is 0 Å². The molecule has 2 unspecified atom stereocenters. The second-order valence-electron chi connectivity index (χ2n) is 5.20. The summed E-state index contributed by atoms with van der Waals surface area (Å²) in [4.78, 5) is 0. The average Bonchev–Trinajstić information content (AvgIpc) is 2.27. The second-order valence-corrected chi connectivity index (χ2v) is 5.20. The quantitative estimate of drug-likeness (QED) is 0.804. The highest BCUT2D eigenvalue weighted by molar-refractivity contribution is 5.30. The molecule has 18 heavy (non-hydrogen) atoms. The lowest BCUT2D eigenvalue weighted by molar-refractivity contribution is -0.179. The Morgan fingerprint density at radius 1 is 1.06 bits per heavy atom. The molecule has 2 atom stereocenters. The van der Waals surface area contributed by atoms with E-state index in [4.69, 9.17) is 0 Å². The number of alkyl halides is 3. The first-order valence-corrected chi connectivity index (χ1v) is 6.24. The summed E-state index contributed by atoms with van der Waals surface area (Å²) in [5, 5.41) is 3.03. The first kappa shape index (κ1) is 13.4. The maximum atomic E-state index is 12.6. The second kappa shape index (κ2) is 4.92. The van der Waals surface area contributed by atoms with Gasteiger partial charge in [0.2, 0.25) is 0 Å². The lowest BCUT2D eigenvalue weighted by atomic mass is 9.89. The molecule has 1 aromatic rings. The third kappa shape index (κ3) is 3.05. The topological polar surface area (TPSA) is 12.0 Å². The summed E-state index contributed by atoms with van der Waals surface area (Å²) in [6.45, 7) is 4.05. The molecule has 1 fully saturated rings. The van der Waals surface area contributed by atoms with Gasteiger partial charge in [0.1, 0.15) is 0 Å². The molecule has 1 heterocycles. The van der Waals surface area contributed by atoms with Gasteiger partial charge in [-0.2, -0.15) is 13.2 Å². The van der Waals surface area contributed by atoms with Crippen molar-refractivity contribution in [2.24, 2.45) is 5.92 Å². The maximum absolute atomic E-state index is 12.6. The van der Waals surface area contributed by atoms with Gasteiger partial charge in [-0.1, -0.05) is 29.3 Å². The highest BCUT2D eigenvalue weighted by Crippen LogP contribution is 2.35. The third-order valence-electron chi connectivity index (χ3n) is 3.52. The van der Waals surface area contributed by atoms with Gasteiger partial charge in [0.05, 0.1) is 5.92 Å². The van der Waals surface area contributed by atoms with Crippen LogP contribution in [-0.2, 0) is 0 Å². The molecule has 1 nitrogen and oxygen atoms in total. The zero-order chi connectivity index (χ0) is 13.3. The standard InChI is InChI=1S/C14H18F3N/c1-9-5-10(2)7-11(6-9)13-4-3-12(8-18-13)14(15,16)17/h5-7,12-13,18H,3-4,8H2,1-2H3. The van der Waals surface area contributed by atoms with E-state index in [9.17, 15) is 13.2 Å². The molecule has 0 saturated carbocycles. The minimum absolute atomic E-state index is 0.0289. The Hall–Kier alpha value is -1.03. The number of rotatable bonds is 1. The van der Waals surface area contributed by atoms with Crippen molar-refractivity contribution in [2.75, 3.05) is 6.54 Å². The van der Waals surface area contributed by atoms with Gasteiger partial charge in [-0.15, -0.1) is 0 Å². The monoisotopic (exact) mass is 257 g/mol. The van der Waals surface area contributed by atoms with Gasteiger partial charge in [0.15, 0.2) is 0 Å². The Balaban J connectivity index is 2.05. The minimum atomic E-state index is -4.07. The van der Waals surface area contributed by atoms with Crippen LogP contribution in [0.25, 0.3) is 0 Å². The Bertz CT molecular complexity index is 397. The van der Waals surface area contributed by atoms with Crippen LogP contribution in [0.5, 0.6) is 0 Å². The summed E-state index contributed by atoms with van der Waals surface area (Å²) in [6, 6.07) is 6.24. The molecule has 100 valence electrons. The fourth-order valence-electron chi connectivity index (χ4n) is 2.63. The van der Waals surface area contributed by atoms with Crippen molar-refractivity contribution in [3.8, 4) is 0 Å². The molecule has 1 saturated heterocycles. The molecule has 0 aromatic heterocycles. The predicted molar refractivity (Wildman–Crippen MR) is 65.4 cm³/mol. The first-order chi connectivity index (χ1) is 8.36. The van der Waals surface area contributed by atoms with E-state index in [0.717, 1.165) is 16.7 Å². The van der Waals surface area contributed by atoms with Gasteiger partial charge in [0, 0.05) is 12.6 Å². The summed E-state index contributed by atoms with van der Waals surface area (Å²) in [5.41, 5.74) is 3.42. The molecule has 2 rings (SSSR count). The number of nitrogens with one attached hydrogen (secondary N) is 1. The fraction of sp³-hybridized carbons (Fsp3) is 0.571. The molecule has 4 heteroatoms. The normalized spacial score (nSPS) is 25.2. The van der Waals surface area contributed by atoms with Crippen molar-refractivity contribution < 1.29 is 13.2 Å². The molecular formula is C14H18F3N. The molecule has 0 bridgehead atoms. The van der Waals surface area contributed by atoms with Crippen LogP contribution >= 0.6 is 0 Å². The fourth-order valence-corrected chi connectivity index (χ4v) is 2.63. The van der Waals surface area contributed by atoms with Gasteiger partial charge < -0.3 is 5.32 Å². The Labute approximate surface area is 105 Å². The number of benzene rings is 1. The number of hydrogen-bond acceptors (Lipinski definition) is 1. The van der Waals surface area contributed by atoms with Gasteiger partial charge in [-0.25, -0.2) is 0 Å². The van der Waals surface area contributed by atoms with Crippen LogP contribution in [0.1, 0.15) is 35.6 Å². The minimum Gasteiger partial charge on any atom is -0.309 e. The molecule has 0 spiro atoms. The molecule has 1 aliphatic rings. The Morgan fingerprint density at radius 2 is 1.67 bits per heavy atom. The van der Waals surface area contributed by atoms with E-state index in [-0.39, 0.29) is 19.0 Å². The Morgan fingerprint density at radius 3 is 2.11 bits per heavy atom. The van der Waals surface area contributed by atoms with Gasteiger partial charge in [0.25, 0.3) is 0 Å². The van der Waals surface area contributed by atoms with Crippen molar-refractivity contribution >= 4 is 0 Å². The largest absolute Gasteiger partial charge is 0.393 e. The highest BCUT2D eigenvalue weighted by atomic mass is 19.4. The third-order valence-corrected chi connectivity index (χ3v) is 3.52. The molecule has 1 N–H and O–H groups in total. The SMILES string of the molecule is Cc1cc(C)cc(C2CCC(C(F)(F)F)CN2)c1. The summed E-state index contributed by atoms with van der Waals surface area (Å²) in [5.74, 6) is -1.19. The average molecular weight is 257 g/mol. The van der Waals surface area contributed by atoms with Crippen LogP contribution in [0, 0.1) is 19.8 Å². The van der Waals surface area contributed by atoms with Crippen LogP contribution in [0.3, 0.4) is 0 Å². The summed E-state index contributed by atoms with van der Waals surface area (Å²) < 4.78 is 37.7. The number of aryl methyl sites for hydroxylation is 2. The number of halogens is 3. The molecule has 0 aliphatic carbocycles. The molecule has 1 aromatic carbocycles. The lowest BCUT2D eigenvalue weighted by Crippen LogP contribution is -2.40. The van der Waals surface area contributed by atoms with Crippen LogP contribution in [0.15, 0.2) is 18.2 Å². The molecule has 1 aliphatic heterocycles. The smallest absolute Gasteiger partial charge is 0.309 e. The van der Waals surface area contributed by atoms with Crippen molar-refractivity contribution in [1.82, 2.24) is 5.32 Å². The zero-order valence-corrected chi connectivity index (χ0v) is 10.6. The van der Waals surface area contributed by atoms with E-state index < -0.39 is 12.1 Å². The lowest BCUT2D eigenvalue weighted by Gasteiger charge is -2.31. The molecule has 0 radical (unpaired) electrons. The van der Waals surface area contributed by atoms with Crippen LogP contribution in [0.2, 0.25) is 0 Å². The van der Waals surface area contributed by atoms with Crippen molar-refractivity contribution in [1.29, 1.82) is 0 Å². The number of piperidine rings is 1. The van der Waals surface area contributed by atoms with E-state index in [0.29, 0.717) is 6.42 Å². The van der Waals surface area contributed by atoms with Gasteiger partial charge >= 0.3 is 6.18 Å². The van der Waals surface area contributed by atoms with E-state index in [1.165, 1.54) is 0 Å². The van der Waals surface area contributed by atoms with E-state index in [1.807, 2.05) is 13.8 Å². The Kier molecular flexibility index (Phi) is 3.66. The van der Waals surface area contributed by atoms with E-state index >= 15 is 0 Å². The highest BCUT2D eigenvalue weighted by Gasteiger charge is 2.41. The van der Waals surface area contributed by atoms with Crippen LogP contribution in [-0.4, -0.2) is 12.7 Å². The van der Waals surface area contributed by atoms with Crippen LogP contribution < -0.4 is 5.32 Å². The molecular weight excluding hydrogens is 239 g/mol. The van der Waals surface area contributed by atoms with E-state index in [2.05, 4.69) is 23.5 Å². The van der Waals surface area contributed by atoms with E-state index in [1.54, 1.807) is 0 Å². The van der Waals surface area contributed by atoms with Crippen molar-refractivity contribution in [3.63, 3.8) is 0 Å². The van der Waals surface area contributed by atoms with Crippen LogP contribution in [0.4, 0.5) is 13.2 Å². The summed E-state index contributed by atoms with van der Waals surface area (Å²) >= 11 is 0. The van der Waals surface area contributed by atoms with Gasteiger partial charge in [-0.05, 0) is 32.3 Å². The predicted octanol–water partition coefficient (Wildman–Crippen LogP) is 3.91. The zero-order valence-electron chi connectivity index (χ0n) is 10.6. The molecule has 0 amide bonds. The van der Waals surface area contributed by atoms with Crippen molar-refractivity contribution in [3.05, 3.63) is 34.9 Å².